The number of aryl methyl sites for hydroxylation is 2. The van der Waals surface area contributed by atoms with Gasteiger partial charge in [-0.3, -0.25) is 14.3 Å². The molecule has 3 heterocycles. The van der Waals surface area contributed by atoms with E-state index in [-0.39, 0.29) is 41.6 Å². The van der Waals surface area contributed by atoms with Crippen molar-refractivity contribution in [2.45, 2.75) is 44.9 Å². The van der Waals surface area contributed by atoms with Gasteiger partial charge in [-0.05, 0) is 50.6 Å². The highest BCUT2D eigenvalue weighted by molar-refractivity contribution is 7.89. The number of ether oxygens (including phenoxy) is 2. The number of H-pyrrole nitrogens is 1. The Kier molecular flexibility index (Phi) is 8.79. The molecule has 0 radical (unpaired) electrons. The average molecular weight is 606 g/mol. The van der Waals surface area contributed by atoms with E-state index in [0.717, 1.165) is 6.42 Å². The highest BCUT2D eigenvalue weighted by Gasteiger charge is 2.32. The van der Waals surface area contributed by atoms with Crippen molar-refractivity contribution in [2.24, 2.45) is 7.05 Å². The number of nitrogens with one attached hydrogen (secondary N) is 1. The highest BCUT2D eigenvalue weighted by Crippen LogP contribution is 2.33. The van der Waals surface area contributed by atoms with E-state index in [1.54, 1.807) is 19.2 Å². The lowest BCUT2D eigenvalue weighted by molar-refractivity contribution is -0.116. The summed E-state index contributed by atoms with van der Waals surface area (Å²) in [5.41, 5.74) is 2.54. The summed E-state index contributed by atoms with van der Waals surface area (Å²) in [6.07, 6.45) is 3.21. The first kappa shape index (κ1) is 30.2. The van der Waals surface area contributed by atoms with Crippen molar-refractivity contribution in [3.63, 3.8) is 0 Å². The first-order chi connectivity index (χ1) is 20.7. The minimum atomic E-state index is -4.04. The molecule has 1 aliphatic heterocycles. The summed E-state index contributed by atoms with van der Waals surface area (Å²) in [7, 11) is -2.35. The van der Waals surface area contributed by atoms with Crippen LogP contribution in [-0.2, 0) is 28.3 Å². The molecule has 0 aliphatic carbocycles. The summed E-state index contributed by atoms with van der Waals surface area (Å²) >= 11 is 0. The fourth-order valence-corrected chi connectivity index (χ4v) is 6.66. The van der Waals surface area contributed by atoms with E-state index in [2.05, 4.69) is 10.1 Å². The van der Waals surface area contributed by atoms with E-state index < -0.39 is 10.0 Å². The number of carbonyl (C=O) groups excluding carboxylic acids is 1. The fourth-order valence-electron chi connectivity index (χ4n) is 5.21. The maximum atomic E-state index is 14.0. The normalized spacial score (nSPS) is 15.3. The zero-order valence-corrected chi connectivity index (χ0v) is 25.5. The van der Waals surface area contributed by atoms with Crippen molar-refractivity contribution in [1.29, 1.82) is 0 Å². The summed E-state index contributed by atoms with van der Waals surface area (Å²) < 4.78 is 42.2. The first-order valence-electron chi connectivity index (χ1n) is 14.4. The highest BCUT2D eigenvalue weighted by atomic mass is 32.2. The summed E-state index contributed by atoms with van der Waals surface area (Å²) in [6.45, 7) is 6.46. The molecule has 0 atom stereocenters. The molecule has 1 N–H and O–H groups in total. The SMILES string of the molecule is CCCc1nn(C)c2c(=O)[nH]c(-c3cc(S(=O)(=O)N4CCC(=O)C(=Cc5ccccc5OCC)C4)ccc3OCC)nc12. The van der Waals surface area contributed by atoms with Gasteiger partial charge in [0.2, 0.25) is 10.0 Å². The van der Waals surface area contributed by atoms with Gasteiger partial charge in [0.15, 0.2) is 11.3 Å². The van der Waals surface area contributed by atoms with E-state index in [0.29, 0.717) is 64.6 Å². The zero-order chi connectivity index (χ0) is 30.7. The van der Waals surface area contributed by atoms with Crippen LogP contribution in [-0.4, -0.2) is 64.6 Å². The standard InChI is InChI=1S/C31H35N5O6S/c1-5-10-24-28-29(35(4)34-24)31(38)33-30(32-28)23-18-22(13-14-27(23)42-7-3)43(39,40)36-16-15-25(37)21(19-36)17-20-11-8-9-12-26(20)41-6-2/h8-9,11-14,17-18H,5-7,10,15-16,19H2,1-4H3,(H,32,33,38). The molecule has 43 heavy (non-hydrogen) atoms. The van der Waals surface area contributed by atoms with Crippen LogP contribution in [0.1, 0.15) is 44.9 Å². The smallest absolute Gasteiger partial charge is 0.277 e. The Balaban J connectivity index is 1.55. The van der Waals surface area contributed by atoms with Gasteiger partial charge in [-0.25, -0.2) is 13.4 Å². The number of rotatable bonds is 10. The van der Waals surface area contributed by atoms with Crippen molar-refractivity contribution in [3.8, 4) is 22.9 Å². The van der Waals surface area contributed by atoms with Gasteiger partial charge in [-0.1, -0.05) is 31.5 Å². The minimum absolute atomic E-state index is 0.00270. The molecule has 226 valence electrons. The van der Waals surface area contributed by atoms with Gasteiger partial charge in [-0.15, -0.1) is 0 Å². The Labute approximate surface area is 250 Å². The number of aromatic amines is 1. The Morgan fingerprint density at radius 2 is 1.77 bits per heavy atom. The lowest BCUT2D eigenvalue weighted by Crippen LogP contribution is -2.40. The number of hydrogen-bond acceptors (Lipinski definition) is 8. The molecule has 2 aromatic carbocycles. The maximum absolute atomic E-state index is 14.0. The van der Waals surface area contributed by atoms with Gasteiger partial charge in [0.05, 0.1) is 29.4 Å². The summed E-state index contributed by atoms with van der Waals surface area (Å²) in [6, 6.07) is 11.8. The predicted molar refractivity (Wildman–Crippen MR) is 164 cm³/mol. The number of sulfonamides is 1. The predicted octanol–water partition coefficient (Wildman–Crippen LogP) is 4.12. The third kappa shape index (κ3) is 5.98. The van der Waals surface area contributed by atoms with Crippen LogP contribution in [0.15, 0.2) is 57.7 Å². The van der Waals surface area contributed by atoms with Crippen molar-refractivity contribution < 1.29 is 22.7 Å². The largest absolute Gasteiger partial charge is 0.493 e. The fraction of sp³-hybridized carbons (Fsp3) is 0.355. The van der Waals surface area contributed by atoms with Crippen LogP contribution in [0.4, 0.5) is 0 Å². The number of para-hydroxylation sites is 1. The Hall–Kier alpha value is -4.29. The Bertz CT molecular complexity index is 1880. The zero-order valence-electron chi connectivity index (χ0n) is 24.7. The third-order valence-corrected chi connectivity index (χ3v) is 9.08. The second kappa shape index (κ2) is 12.5. The Morgan fingerprint density at radius 1 is 1.02 bits per heavy atom. The van der Waals surface area contributed by atoms with Gasteiger partial charge in [0.25, 0.3) is 5.56 Å². The van der Waals surface area contributed by atoms with Gasteiger partial charge in [-0.2, -0.15) is 9.40 Å². The van der Waals surface area contributed by atoms with Gasteiger partial charge < -0.3 is 14.5 Å². The summed E-state index contributed by atoms with van der Waals surface area (Å²) in [5.74, 6) is 1.08. The molecule has 0 saturated carbocycles. The van der Waals surface area contributed by atoms with Crippen molar-refractivity contribution >= 4 is 32.9 Å². The first-order valence-corrected chi connectivity index (χ1v) is 15.8. The van der Waals surface area contributed by atoms with Crippen molar-refractivity contribution in [3.05, 3.63) is 69.6 Å². The molecule has 2 aromatic heterocycles. The number of aromatic nitrogens is 4. The molecule has 1 saturated heterocycles. The molecular weight excluding hydrogens is 570 g/mol. The second-order valence-corrected chi connectivity index (χ2v) is 12.1. The lowest BCUT2D eigenvalue weighted by atomic mass is 10.0. The molecule has 1 aliphatic rings. The van der Waals surface area contributed by atoms with Crippen LogP contribution in [0, 0.1) is 0 Å². The number of piperidine rings is 1. The molecule has 4 aromatic rings. The number of benzene rings is 2. The number of carbonyl (C=O) groups is 1. The number of fused-ring (bicyclic) bond motifs is 1. The van der Waals surface area contributed by atoms with Crippen LogP contribution in [0.25, 0.3) is 28.5 Å². The van der Waals surface area contributed by atoms with Gasteiger partial charge in [0.1, 0.15) is 22.8 Å². The summed E-state index contributed by atoms with van der Waals surface area (Å²) in [5, 5.41) is 4.47. The van der Waals surface area contributed by atoms with E-state index in [9.17, 15) is 18.0 Å². The number of nitrogens with zero attached hydrogens (tertiary/aromatic N) is 4. The molecule has 0 bridgehead atoms. The topological polar surface area (TPSA) is 136 Å². The van der Waals surface area contributed by atoms with E-state index in [1.807, 2.05) is 45.0 Å². The van der Waals surface area contributed by atoms with Crippen LogP contribution < -0.4 is 15.0 Å². The second-order valence-electron chi connectivity index (χ2n) is 10.2. The summed E-state index contributed by atoms with van der Waals surface area (Å²) in [4.78, 5) is 33.5. The molecule has 0 unspecified atom stereocenters. The number of ketones is 1. The van der Waals surface area contributed by atoms with Gasteiger partial charge >= 0.3 is 0 Å². The van der Waals surface area contributed by atoms with Gasteiger partial charge in [0, 0.05) is 37.7 Å². The maximum Gasteiger partial charge on any atom is 0.277 e. The number of hydrogen-bond donors (Lipinski definition) is 1. The van der Waals surface area contributed by atoms with Crippen molar-refractivity contribution in [1.82, 2.24) is 24.1 Å². The molecule has 5 rings (SSSR count). The van der Waals surface area contributed by atoms with E-state index in [1.165, 1.54) is 21.1 Å². The molecule has 0 amide bonds. The molecular formula is C31H35N5O6S. The molecule has 1 fully saturated rings. The van der Waals surface area contributed by atoms with Crippen LogP contribution in [0.3, 0.4) is 0 Å². The molecule has 0 spiro atoms. The average Bonchev–Trinajstić information content (AvgIpc) is 3.30. The van der Waals surface area contributed by atoms with Crippen LogP contribution >= 0.6 is 0 Å². The van der Waals surface area contributed by atoms with E-state index >= 15 is 0 Å². The van der Waals surface area contributed by atoms with Crippen LogP contribution in [0.2, 0.25) is 0 Å². The van der Waals surface area contributed by atoms with Crippen LogP contribution in [0.5, 0.6) is 11.5 Å². The van der Waals surface area contributed by atoms with E-state index in [4.69, 9.17) is 14.5 Å². The Morgan fingerprint density at radius 3 is 2.51 bits per heavy atom. The molecule has 12 heteroatoms. The third-order valence-electron chi connectivity index (χ3n) is 7.23. The quantitative estimate of drug-likeness (QED) is 0.267. The molecule has 11 nitrogen and oxygen atoms in total. The van der Waals surface area contributed by atoms with Crippen molar-refractivity contribution in [2.75, 3.05) is 26.3 Å². The lowest BCUT2D eigenvalue weighted by Gasteiger charge is -2.27. The number of Topliss-reactive ketones (excluding diaryl/α,β-unsaturated/α-hetero) is 1. The monoisotopic (exact) mass is 605 g/mol. The minimum Gasteiger partial charge on any atom is -0.493 e.